The lowest BCUT2D eigenvalue weighted by molar-refractivity contribution is -0.0411. The van der Waals surface area contributed by atoms with Crippen LogP contribution in [0.1, 0.15) is 6.92 Å². The molecule has 0 aromatic carbocycles. The molecule has 0 radical (unpaired) electrons. The molecule has 1 heterocycles. The van der Waals surface area contributed by atoms with Gasteiger partial charge < -0.3 is 20.1 Å². The van der Waals surface area contributed by atoms with E-state index in [-0.39, 0.29) is 19.1 Å². The standard InChI is InChI=1S/C7H14O4/c1-4-6(10)3-11-7(4)5(9)2-8/h4-10H,2-3H2,1H3/t4?,5-,6-,7-/m0/s1. The minimum Gasteiger partial charge on any atom is -0.394 e. The summed E-state index contributed by atoms with van der Waals surface area (Å²) in [6.07, 6.45) is -1.81. The van der Waals surface area contributed by atoms with Gasteiger partial charge in [0.15, 0.2) is 0 Å². The molecule has 11 heavy (non-hydrogen) atoms. The fourth-order valence-electron chi connectivity index (χ4n) is 1.30. The fraction of sp³-hybridized carbons (Fsp3) is 1.00. The van der Waals surface area contributed by atoms with Crippen molar-refractivity contribution in [1.29, 1.82) is 0 Å². The van der Waals surface area contributed by atoms with Crippen molar-refractivity contribution >= 4 is 0 Å². The minimum absolute atomic E-state index is 0.0999. The van der Waals surface area contributed by atoms with Crippen molar-refractivity contribution in [1.82, 2.24) is 0 Å². The molecule has 3 N–H and O–H groups in total. The Kier molecular flexibility index (Phi) is 2.84. The van der Waals surface area contributed by atoms with E-state index >= 15 is 0 Å². The first-order valence-electron chi connectivity index (χ1n) is 3.75. The summed E-state index contributed by atoms with van der Waals surface area (Å²) in [5.41, 5.74) is 0. The number of aliphatic hydroxyl groups is 3. The Hall–Kier alpha value is -0.160. The van der Waals surface area contributed by atoms with Crippen LogP contribution >= 0.6 is 0 Å². The monoisotopic (exact) mass is 162 g/mol. The average Bonchev–Trinajstić information content (AvgIpc) is 2.32. The van der Waals surface area contributed by atoms with Crippen LogP contribution in [0.5, 0.6) is 0 Å². The molecule has 1 aliphatic heterocycles. The van der Waals surface area contributed by atoms with Crippen molar-refractivity contribution in [3.63, 3.8) is 0 Å². The van der Waals surface area contributed by atoms with Crippen LogP contribution in [0.3, 0.4) is 0 Å². The van der Waals surface area contributed by atoms with Crippen molar-refractivity contribution in [2.45, 2.75) is 25.2 Å². The fourth-order valence-corrected chi connectivity index (χ4v) is 1.30. The van der Waals surface area contributed by atoms with Crippen molar-refractivity contribution in [2.75, 3.05) is 13.2 Å². The second-order valence-corrected chi connectivity index (χ2v) is 2.97. The van der Waals surface area contributed by atoms with Gasteiger partial charge in [0.25, 0.3) is 0 Å². The number of ether oxygens (including phenoxy) is 1. The maximum absolute atomic E-state index is 9.19. The Balaban J connectivity index is 2.47. The van der Waals surface area contributed by atoms with E-state index in [1.165, 1.54) is 0 Å². The highest BCUT2D eigenvalue weighted by Gasteiger charge is 2.36. The lowest BCUT2D eigenvalue weighted by Gasteiger charge is -2.19. The Morgan fingerprint density at radius 1 is 1.64 bits per heavy atom. The summed E-state index contributed by atoms with van der Waals surface area (Å²) in [5.74, 6) is -0.0999. The summed E-state index contributed by atoms with van der Waals surface area (Å²) in [4.78, 5) is 0. The Morgan fingerprint density at radius 3 is 2.64 bits per heavy atom. The van der Waals surface area contributed by atoms with Crippen LogP contribution in [0.15, 0.2) is 0 Å². The zero-order valence-electron chi connectivity index (χ0n) is 6.47. The third-order valence-corrected chi connectivity index (χ3v) is 2.15. The Labute approximate surface area is 65.4 Å². The van der Waals surface area contributed by atoms with Gasteiger partial charge in [-0.3, -0.25) is 0 Å². The molecule has 1 rings (SSSR count). The maximum Gasteiger partial charge on any atom is 0.103 e. The van der Waals surface area contributed by atoms with E-state index in [1.54, 1.807) is 6.92 Å². The summed E-state index contributed by atoms with van der Waals surface area (Å²) in [6, 6.07) is 0. The van der Waals surface area contributed by atoms with Gasteiger partial charge in [-0.05, 0) is 0 Å². The Bertz CT molecular complexity index is 128. The van der Waals surface area contributed by atoms with Crippen LogP contribution in [0.4, 0.5) is 0 Å². The normalized spacial score (nSPS) is 40.9. The maximum atomic E-state index is 9.19. The first-order valence-corrected chi connectivity index (χ1v) is 3.75. The van der Waals surface area contributed by atoms with Gasteiger partial charge in [0.2, 0.25) is 0 Å². The zero-order valence-corrected chi connectivity index (χ0v) is 6.47. The second kappa shape index (κ2) is 3.49. The molecule has 1 fully saturated rings. The molecule has 0 spiro atoms. The van der Waals surface area contributed by atoms with Gasteiger partial charge in [-0.15, -0.1) is 0 Å². The average molecular weight is 162 g/mol. The third-order valence-electron chi connectivity index (χ3n) is 2.15. The lowest BCUT2D eigenvalue weighted by Crippen LogP contribution is -2.34. The number of rotatable bonds is 2. The summed E-state index contributed by atoms with van der Waals surface area (Å²) >= 11 is 0. The predicted molar refractivity (Wildman–Crippen MR) is 38.0 cm³/mol. The van der Waals surface area contributed by atoms with Gasteiger partial charge >= 0.3 is 0 Å². The summed E-state index contributed by atoms with van der Waals surface area (Å²) < 4.78 is 5.07. The number of aliphatic hydroxyl groups excluding tert-OH is 3. The van der Waals surface area contributed by atoms with E-state index < -0.39 is 18.3 Å². The summed E-state index contributed by atoms with van der Waals surface area (Å²) in [5, 5.41) is 26.9. The molecule has 66 valence electrons. The highest BCUT2D eigenvalue weighted by Crippen LogP contribution is 2.23. The Morgan fingerprint density at radius 2 is 2.27 bits per heavy atom. The number of hydrogen-bond donors (Lipinski definition) is 3. The van der Waals surface area contributed by atoms with Gasteiger partial charge in [-0.25, -0.2) is 0 Å². The van der Waals surface area contributed by atoms with Gasteiger partial charge in [-0.1, -0.05) is 6.92 Å². The molecule has 4 nitrogen and oxygen atoms in total. The molecule has 1 aliphatic rings. The van der Waals surface area contributed by atoms with Crippen LogP contribution in [0.25, 0.3) is 0 Å². The van der Waals surface area contributed by atoms with Gasteiger partial charge in [0.05, 0.1) is 25.4 Å². The molecular weight excluding hydrogens is 148 g/mol. The van der Waals surface area contributed by atoms with Crippen LogP contribution in [0, 0.1) is 5.92 Å². The SMILES string of the molecule is CC1[C@@H](O)CO[C@@H]1[C@@H](O)CO. The zero-order chi connectivity index (χ0) is 8.43. The van der Waals surface area contributed by atoms with Crippen LogP contribution in [-0.2, 0) is 4.74 Å². The van der Waals surface area contributed by atoms with Crippen molar-refractivity contribution < 1.29 is 20.1 Å². The molecule has 0 saturated carbocycles. The van der Waals surface area contributed by atoms with E-state index in [0.717, 1.165) is 0 Å². The topological polar surface area (TPSA) is 69.9 Å². The highest BCUT2D eigenvalue weighted by atomic mass is 16.5. The summed E-state index contributed by atoms with van der Waals surface area (Å²) in [7, 11) is 0. The van der Waals surface area contributed by atoms with Crippen molar-refractivity contribution in [2.24, 2.45) is 5.92 Å². The minimum atomic E-state index is -0.873. The molecule has 0 aliphatic carbocycles. The van der Waals surface area contributed by atoms with Crippen molar-refractivity contribution in [3.8, 4) is 0 Å². The van der Waals surface area contributed by atoms with E-state index in [0.29, 0.717) is 0 Å². The van der Waals surface area contributed by atoms with E-state index in [2.05, 4.69) is 0 Å². The first-order chi connectivity index (χ1) is 5.16. The largest absolute Gasteiger partial charge is 0.394 e. The molecule has 0 aromatic heterocycles. The first kappa shape index (κ1) is 8.93. The lowest BCUT2D eigenvalue weighted by atomic mass is 9.98. The predicted octanol–water partition coefficient (Wildman–Crippen LogP) is -1.26. The third kappa shape index (κ3) is 1.70. The number of hydrogen-bond acceptors (Lipinski definition) is 4. The van der Waals surface area contributed by atoms with E-state index in [1.807, 2.05) is 0 Å². The second-order valence-electron chi connectivity index (χ2n) is 2.97. The molecular formula is C7H14O4. The quantitative estimate of drug-likeness (QED) is 0.474. The van der Waals surface area contributed by atoms with E-state index in [9.17, 15) is 5.11 Å². The van der Waals surface area contributed by atoms with Crippen LogP contribution in [0.2, 0.25) is 0 Å². The van der Waals surface area contributed by atoms with E-state index in [4.69, 9.17) is 14.9 Å². The molecule has 1 unspecified atom stereocenters. The molecule has 0 aromatic rings. The van der Waals surface area contributed by atoms with Gasteiger partial charge in [-0.2, -0.15) is 0 Å². The molecule has 0 bridgehead atoms. The molecule has 4 atom stereocenters. The highest BCUT2D eigenvalue weighted by molar-refractivity contribution is 4.84. The molecule has 4 heteroatoms. The molecule has 0 amide bonds. The molecule has 1 saturated heterocycles. The van der Waals surface area contributed by atoms with Gasteiger partial charge in [0, 0.05) is 5.92 Å². The van der Waals surface area contributed by atoms with Crippen LogP contribution in [-0.4, -0.2) is 46.8 Å². The van der Waals surface area contributed by atoms with Crippen molar-refractivity contribution in [3.05, 3.63) is 0 Å². The van der Waals surface area contributed by atoms with Crippen LogP contribution < -0.4 is 0 Å². The summed E-state index contributed by atoms with van der Waals surface area (Å²) in [6.45, 7) is 1.73. The smallest absolute Gasteiger partial charge is 0.103 e. The van der Waals surface area contributed by atoms with Gasteiger partial charge in [0.1, 0.15) is 6.10 Å².